The van der Waals surface area contributed by atoms with E-state index in [4.69, 9.17) is 4.98 Å². The first-order valence-corrected chi connectivity index (χ1v) is 10.8. The van der Waals surface area contributed by atoms with Crippen molar-refractivity contribution in [1.82, 2.24) is 20.2 Å². The molecule has 2 aromatic carbocycles. The van der Waals surface area contributed by atoms with Crippen LogP contribution >= 0.6 is 0 Å². The summed E-state index contributed by atoms with van der Waals surface area (Å²) in [7, 11) is 3.68. The van der Waals surface area contributed by atoms with Crippen LogP contribution in [0.3, 0.4) is 0 Å². The predicted octanol–water partition coefficient (Wildman–Crippen LogP) is 4.27. The molecule has 1 fully saturated rings. The lowest BCUT2D eigenvalue weighted by atomic mass is 9.99. The Morgan fingerprint density at radius 2 is 1.87 bits per heavy atom. The number of amides is 1. The van der Waals surface area contributed by atoms with Crippen molar-refractivity contribution in [2.24, 2.45) is 0 Å². The molecule has 3 aromatic rings. The maximum atomic E-state index is 13.3. The fourth-order valence-electron chi connectivity index (χ4n) is 4.01. The second-order valence-electron chi connectivity index (χ2n) is 7.93. The quantitative estimate of drug-likeness (QED) is 0.629. The Morgan fingerprint density at radius 1 is 1.10 bits per heavy atom. The zero-order valence-corrected chi connectivity index (χ0v) is 18.1. The Labute approximate surface area is 183 Å². The molecular formula is C25H29N5O. The van der Waals surface area contributed by atoms with Crippen LogP contribution in [-0.2, 0) is 6.54 Å². The number of aromatic nitrogens is 2. The molecule has 1 aliphatic heterocycles. The molecule has 2 N–H and O–H groups in total. The number of carbonyl (C=O) groups is 1. The average Bonchev–Trinajstić information content (AvgIpc) is 2.84. The summed E-state index contributed by atoms with van der Waals surface area (Å²) in [6.45, 7) is 1.40. The van der Waals surface area contributed by atoms with Crippen molar-refractivity contribution in [3.05, 3.63) is 77.7 Å². The van der Waals surface area contributed by atoms with Crippen LogP contribution in [0.2, 0.25) is 0 Å². The summed E-state index contributed by atoms with van der Waals surface area (Å²) in [5, 5.41) is 6.64. The van der Waals surface area contributed by atoms with Crippen molar-refractivity contribution in [2.75, 3.05) is 26.0 Å². The number of benzene rings is 2. The van der Waals surface area contributed by atoms with Gasteiger partial charge in [0, 0.05) is 25.7 Å². The second kappa shape index (κ2) is 9.71. The highest BCUT2D eigenvalue weighted by Gasteiger charge is 2.21. The Hall–Kier alpha value is -3.25. The van der Waals surface area contributed by atoms with Gasteiger partial charge in [0.25, 0.3) is 5.91 Å². The van der Waals surface area contributed by atoms with Crippen LogP contribution in [0.4, 0.5) is 5.82 Å². The fourth-order valence-corrected chi connectivity index (χ4v) is 4.01. The maximum absolute atomic E-state index is 13.3. The number of anilines is 1. The molecular weight excluding hydrogens is 386 g/mol. The molecule has 1 aliphatic rings. The van der Waals surface area contributed by atoms with E-state index in [0.717, 1.165) is 41.4 Å². The summed E-state index contributed by atoms with van der Waals surface area (Å²) in [4.78, 5) is 24.5. The lowest BCUT2D eigenvalue weighted by Gasteiger charge is -2.24. The topological polar surface area (TPSA) is 70.2 Å². The van der Waals surface area contributed by atoms with Crippen LogP contribution < -0.4 is 10.6 Å². The number of hydrogen-bond acceptors (Lipinski definition) is 5. The van der Waals surface area contributed by atoms with Crippen molar-refractivity contribution >= 4 is 11.7 Å². The van der Waals surface area contributed by atoms with Crippen LogP contribution in [0.5, 0.6) is 0 Å². The Morgan fingerprint density at radius 3 is 2.61 bits per heavy atom. The van der Waals surface area contributed by atoms with E-state index >= 15 is 0 Å². The van der Waals surface area contributed by atoms with Gasteiger partial charge >= 0.3 is 0 Å². The summed E-state index contributed by atoms with van der Waals surface area (Å²) in [6.07, 6.45) is 3.40. The molecule has 1 saturated heterocycles. The molecule has 1 atom stereocenters. The van der Waals surface area contributed by atoms with Gasteiger partial charge in [-0.15, -0.1) is 0 Å². The van der Waals surface area contributed by atoms with Crippen LogP contribution in [0.1, 0.15) is 47.2 Å². The van der Waals surface area contributed by atoms with Gasteiger partial charge in [0.05, 0.1) is 18.3 Å². The van der Waals surface area contributed by atoms with Gasteiger partial charge < -0.3 is 15.5 Å². The first-order chi connectivity index (χ1) is 15.2. The van der Waals surface area contributed by atoms with E-state index in [1.807, 2.05) is 74.8 Å². The number of carbonyl (C=O) groups excluding carboxylic acids is 1. The molecule has 6 heteroatoms. The first kappa shape index (κ1) is 21.0. The molecule has 0 saturated carbocycles. The van der Waals surface area contributed by atoms with Crippen LogP contribution in [0, 0.1) is 0 Å². The summed E-state index contributed by atoms with van der Waals surface area (Å²) >= 11 is 0. The molecule has 4 rings (SSSR count). The molecule has 31 heavy (non-hydrogen) atoms. The normalized spacial score (nSPS) is 16.0. The van der Waals surface area contributed by atoms with E-state index in [9.17, 15) is 4.79 Å². The van der Waals surface area contributed by atoms with Crippen molar-refractivity contribution in [2.45, 2.75) is 31.8 Å². The molecule has 2 heterocycles. The lowest BCUT2D eigenvalue weighted by molar-refractivity contribution is 0.0784. The Bertz CT molecular complexity index is 1030. The molecule has 1 amide bonds. The minimum atomic E-state index is -0.0265. The zero-order valence-electron chi connectivity index (χ0n) is 18.1. The molecule has 6 nitrogen and oxygen atoms in total. The first-order valence-electron chi connectivity index (χ1n) is 10.8. The number of piperidine rings is 1. The maximum Gasteiger partial charge on any atom is 0.254 e. The monoisotopic (exact) mass is 415 g/mol. The summed E-state index contributed by atoms with van der Waals surface area (Å²) in [5.41, 5.74) is 3.48. The molecule has 0 radical (unpaired) electrons. The van der Waals surface area contributed by atoms with E-state index in [1.165, 1.54) is 12.8 Å². The summed E-state index contributed by atoms with van der Waals surface area (Å²) in [5.74, 6) is 1.55. The van der Waals surface area contributed by atoms with Crippen LogP contribution in [-0.4, -0.2) is 41.4 Å². The zero-order chi connectivity index (χ0) is 21.6. The molecule has 1 aromatic heterocycles. The van der Waals surface area contributed by atoms with Crippen LogP contribution in [0.25, 0.3) is 11.1 Å². The largest absolute Gasteiger partial charge is 0.373 e. The van der Waals surface area contributed by atoms with Crippen LogP contribution in [0.15, 0.2) is 60.7 Å². The third kappa shape index (κ3) is 4.91. The smallest absolute Gasteiger partial charge is 0.254 e. The van der Waals surface area contributed by atoms with Crippen molar-refractivity contribution in [1.29, 1.82) is 0 Å². The third-order valence-electron chi connectivity index (χ3n) is 5.66. The van der Waals surface area contributed by atoms with Gasteiger partial charge in [0.15, 0.2) is 0 Å². The molecule has 160 valence electrons. The van der Waals surface area contributed by atoms with E-state index < -0.39 is 0 Å². The van der Waals surface area contributed by atoms with E-state index in [2.05, 4.69) is 15.6 Å². The van der Waals surface area contributed by atoms with E-state index in [-0.39, 0.29) is 11.9 Å². The van der Waals surface area contributed by atoms with Gasteiger partial charge in [-0.2, -0.15) is 0 Å². The molecule has 1 unspecified atom stereocenters. The standard InChI is InChI=1S/C25H29N5O/c1-26-23-16-19(28-24(29-23)22-14-8-9-15-27-22)17-30(2)25(31)21-13-7-6-12-20(21)18-10-4-3-5-11-18/h3-7,10-13,16,22,27H,8-9,14-15,17H2,1-2H3,(H,26,28,29). The van der Waals surface area contributed by atoms with Gasteiger partial charge in [-0.3, -0.25) is 4.79 Å². The van der Waals surface area contributed by atoms with Gasteiger partial charge in [-0.25, -0.2) is 9.97 Å². The van der Waals surface area contributed by atoms with Gasteiger partial charge in [-0.05, 0) is 36.6 Å². The number of rotatable bonds is 6. The number of hydrogen-bond donors (Lipinski definition) is 2. The minimum absolute atomic E-state index is 0.0265. The number of nitrogens with zero attached hydrogens (tertiary/aromatic N) is 3. The van der Waals surface area contributed by atoms with E-state index in [0.29, 0.717) is 12.1 Å². The Balaban J connectivity index is 1.57. The Kier molecular flexibility index (Phi) is 6.57. The summed E-state index contributed by atoms with van der Waals surface area (Å²) < 4.78 is 0. The lowest BCUT2D eigenvalue weighted by Crippen LogP contribution is -2.30. The molecule has 0 spiro atoms. The van der Waals surface area contributed by atoms with Gasteiger partial charge in [0.2, 0.25) is 0 Å². The highest BCUT2D eigenvalue weighted by atomic mass is 16.2. The van der Waals surface area contributed by atoms with Gasteiger partial charge in [-0.1, -0.05) is 55.0 Å². The van der Waals surface area contributed by atoms with Crippen molar-refractivity contribution < 1.29 is 4.79 Å². The SMILES string of the molecule is CNc1cc(CN(C)C(=O)c2ccccc2-c2ccccc2)nc(C2CCCCN2)n1. The predicted molar refractivity (Wildman–Crippen MR) is 124 cm³/mol. The highest BCUT2D eigenvalue weighted by Crippen LogP contribution is 2.25. The highest BCUT2D eigenvalue weighted by molar-refractivity contribution is 6.00. The fraction of sp³-hybridized carbons (Fsp3) is 0.320. The molecule has 0 aliphatic carbocycles. The number of nitrogens with one attached hydrogen (secondary N) is 2. The molecule has 0 bridgehead atoms. The average molecular weight is 416 g/mol. The minimum Gasteiger partial charge on any atom is -0.373 e. The van der Waals surface area contributed by atoms with Crippen molar-refractivity contribution in [3.63, 3.8) is 0 Å². The second-order valence-corrected chi connectivity index (χ2v) is 7.93. The summed E-state index contributed by atoms with van der Waals surface area (Å²) in [6, 6.07) is 19.8. The third-order valence-corrected chi connectivity index (χ3v) is 5.66. The van der Waals surface area contributed by atoms with E-state index in [1.54, 1.807) is 4.90 Å². The van der Waals surface area contributed by atoms with Gasteiger partial charge in [0.1, 0.15) is 11.6 Å². The van der Waals surface area contributed by atoms with Crippen molar-refractivity contribution in [3.8, 4) is 11.1 Å².